The molecule has 0 aliphatic carbocycles. The quantitative estimate of drug-likeness (QED) is 0.582. The van der Waals surface area contributed by atoms with Gasteiger partial charge in [0.2, 0.25) is 0 Å². The van der Waals surface area contributed by atoms with Crippen LogP contribution in [-0.2, 0) is 0 Å². The maximum atomic E-state index is 3.52. The fraction of sp³-hybridized carbons (Fsp3) is 1.00. The molecule has 0 aromatic rings. The maximum Gasteiger partial charge on any atom is 0.0394 e. The molecule has 1 atom stereocenters. The van der Waals surface area contributed by atoms with Gasteiger partial charge in [0.05, 0.1) is 0 Å². The fourth-order valence-electron chi connectivity index (χ4n) is 2.69. The van der Waals surface area contributed by atoms with Gasteiger partial charge in [-0.25, -0.2) is 0 Å². The SMILES string of the molecule is CC(C)(C)C12CCN1CCNC2. The average molecular weight is 168 g/mol. The maximum absolute atomic E-state index is 3.52. The zero-order valence-electron chi connectivity index (χ0n) is 8.48. The van der Waals surface area contributed by atoms with E-state index in [0.29, 0.717) is 11.0 Å². The van der Waals surface area contributed by atoms with Crippen molar-refractivity contribution < 1.29 is 0 Å². The highest BCUT2D eigenvalue weighted by Crippen LogP contribution is 2.45. The molecule has 2 heteroatoms. The van der Waals surface area contributed by atoms with E-state index in [4.69, 9.17) is 0 Å². The van der Waals surface area contributed by atoms with Crippen LogP contribution in [-0.4, -0.2) is 36.6 Å². The first-order chi connectivity index (χ1) is 5.56. The molecule has 0 saturated carbocycles. The van der Waals surface area contributed by atoms with Crippen molar-refractivity contribution in [2.24, 2.45) is 5.41 Å². The van der Waals surface area contributed by atoms with Crippen LogP contribution in [0.2, 0.25) is 0 Å². The molecular weight excluding hydrogens is 148 g/mol. The molecule has 0 bridgehead atoms. The lowest BCUT2D eigenvalue weighted by Gasteiger charge is -2.62. The van der Waals surface area contributed by atoms with Crippen LogP contribution in [0.15, 0.2) is 0 Å². The first-order valence-electron chi connectivity index (χ1n) is 5.02. The summed E-state index contributed by atoms with van der Waals surface area (Å²) in [4.78, 5) is 2.66. The van der Waals surface area contributed by atoms with E-state index < -0.39 is 0 Å². The van der Waals surface area contributed by atoms with Gasteiger partial charge in [-0.05, 0) is 11.8 Å². The zero-order valence-corrected chi connectivity index (χ0v) is 8.48. The molecule has 2 nitrogen and oxygen atoms in total. The van der Waals surface area contributed by atoms with Crippen molar-refractivity contribution in [3.05, 3.63) is 0 Å². The summed E-state index contributed by atoms with van der Waals surface area (Å²) in [5.74, 6) is 0. The number of rotatable bonds is 0. The number of hydrogen-bond acceptors (Lipinski definition) is 2. The van der Waals surface area contributed by atoms with E-state index in [1.807, 2.05) is 0 Å². The molecule has 1 unspecified atom stereocenters. The largest absolute Gasteiger partial charge is 0.314 e. The third kappa shape index (κ3) is 0.944. The molecule has 2 aliphatic rings. The van der Waals surface area contributed by atoms with Crippen LogP contribution in [0.4, 0.5) is 0 Å². The second-order valence-corrected chi connectivity index (χ2v) is 5.20. The topological polar surface area (TPSA) is 15.3 Å². The molecule has 0 radical (unpaired) electrons. The van der Waals surface area contributed by atoms with Crippen LogP contribution < -0.4 is 5.32 Å². The molecule has 0 aromatic carbocycles. The monoisotopic (exact) mass is 168 g/mol. The smallest absolute Gasteiger partial charge is 0.0394 e. The Bertz CT molecular complexity index is 183. The van der Waals surface area contributed by atoms with E-state index >= 15 is 0 Å². The first kappa shape index (κ1) is 8.52. The zero-order chi connectivity index (χ0) is 8.82. The minimum atomic E-state index is 0.429. The Balaban J connectivity index is 2.18. The third-order valence-corrected chi connectivity index (χ3v) is 3.77. The Morgan fingerprint density at radius 1 is 1.25 bits per heavy atom. The van der Waals surface area contributed by atoms with Crippen LogP contribution in [0.5, 0.6) is 0 Å². The number of piperazine rings is 1. The second kappa shape index (κ2) is 2.46. The Kier molecular flexibility index (Phi) is 1.74. The van der Waals surface area contributed by atoms with Gasteiger partial charge in [0, 0.05) is 31.7 Å². The van der Waals surface area contributed by atoms with Gasteiger partial charge in [0.1, 0.15) is 0 Å². The number of fused-ring (bicyclic) bond motifs is 1. The lowest BCUT2D eigenvalue weighted by Crippen LogP contribution is -2.74. The van der Waals surface area contributed by atoms with E-state index in [2.05, 4.69) is 31.0 Å². The molecule has 0 amide bonds. The highest BCUT2D eigenvalue weighted by atomic mass is 15.3. The summed E-state index contributed by atoms with van der Waals surface area (Å²) in [6.45, 7) is 12.0. The molecule has 2 aliphatic heterocycles. The van der Waals surface area contributed by atoms with Crippen molar-refractivity contribution in [2.45, 2.75) is 32.7 Å². The molecule has 1 N–H and O–H groups in total. The molecule has 0 aromatic heterocycles. The Morgan fingerprint density at radius 2 is 2.00 bits per heavy atom. The van der Waals surface area contributed by atoms with E-state index in [0.717, 1.165) is 0 Å². The van der Waals surface area contributed by atoms with Gasteiger partial charge >= 0.3 is 0 Å². The Labute approximate surface area is 75.3 Å². The minimum absolute atomic E-state index is 0.429. The van der Waals surface area contributed by atoms with Gasteiger partial charge in [-0.3, -0.25) is 4.90 Å². The van der Waals surface area contributed by atoms with Gasteiger partial charge in [-0.2, -0.15) is 0 Å². The molecule has 2 fully saturated rings. The summed E-state index contributed by atoms with van der Waals surface area (Å²) >= 11 is 0. The normalized spacial score (nSPS) is 37.2. The number of hydrogen-bond donors (Lipinski definition) is 1. The van der Waals surface area contributed by atoms with Crippen LogP contribution >= 0.6 is 0 Å². The third-order valence-electron chi connectivity index (χ3n) is 3.77. The van der Waals surface area contributed by atoms with Crippen molar-refractivity contribution in [3.63, 3.8) is 0 Å². The van der Waals surface area contributed by atoms with Crippen LogP contribution in [0, 0.1) is 5.41 Å². The minimum Gasteiger partial charge on any atom is -0.314 e. The standard InChI is InChI=1S/C10H20N2/c1-9(2,3)10-4-6-12(10)7-5-11-8-10/h11H,4-8H2,1-3H3. The second-order valence-electron chi connectivity index (χ2n) is 5.20. The summed E-state index contributed by atoms with van der Waals surface area (Å²) in [5, 5.41) is 3.52. The molecule has 2 saturated heterocycles. The van der Waals surface area contributed by atoms with Crippen molar-refractivity contribution in [1.29, 1.82) is 0 Å². The van der Waals surface area contributed by atoms with E-state index in [1.54, 1.807) is 0 Å². The van der Waals surface area contributed by atoms with Gasteiger partial charge in [0.15, 0.2) is 0 Å². The first-order valence-corrected chi connectivity index (χ1v) is 5.02. The van der Waals surface area contributed by atoms with Gasteiger partial charge in [-0.1, -0.05) is 20.8 Å². The highest BCUT2D eigenvalue weighted by Gasteiger charge is 2.53. The fourth-order valence-corrected chi connectivity index (χ4v) is 2.69. The van der Waals surface area contributed by atoms with Crippen LogP contribution in [0.25, 0.3) is 0 Å². The van der Waals surface area contributed by atoms with Crippen molar-refractivity contribution in [1.82, 2.24) is 10.2 Å². The van der Waals surface area contributed by atoms with E-state index in [9.17, 15) is 0 Å². The van der Waals surface area contributed by atoms with Crippen molar-refractivity contribution >= 4 is 0 Å². The summed E-state index contributed by atoms with van der Waals surface area (Å²) in [7, 11) is 0. The molecule has 2 rings (SSSR count). The van der Waals surface area contributed by atoms with Gasteiger partial charge in [0.25, 0.3) is 0 Å². The molecule has 2 heterocycles. The van der Waals surface area contributed by atoms with Crippen molar-refractivity contribution in [3.8, 4) is 0 Å². The molecule has 70 valence electrons. The lowest BCUT2D eigenvalue weighted by molar-refractivity contribution is -0.105. The Morgan fingerprint density at radius 3 is 2.33 bits per heavy atom. The van der Waals surface area contributed by atoms with E-state index in [-0.39, 0.29) is 0 Å². The van der Waals surface area contributed by atoms with Crippen LogP contribution in [0.1, 0.15) is 27.2 Å². The summed E-state index contributed by atoms with van der Waals surface area (Å²) < 4.78 is 0. The number of nitrogens with zero attached hydrogens (tertiary/aromatic N) is 1. The number of nitrogens with one attached hydrogen (secondary N) is 1. The summed E-state index contributed by atoms with van der Waals surface area (Å²) in [6.07, 6.45) is 1.38. The predicted molar refractivity (Wildman–Crippen MR) is 51.2 cm³/mol. The van der Waals surface area contributed by atoms with Gasteiger partial charge in [-0.15, -0.1) is 0 Å². The van der Waals surface area contributed by atoms with Crippen molar-refractivity contribution in [2.75, 3.05) is 26.2 Å². The molecule has 0 spiro atoms. The highest BCUT2D eigenvalue weighted by molar-refractivity contribution is 5.10. The lowest BCUT2D eigenvalue weighted by atomic mass is 9.65. The molecular formula is C10H20N2. The summed E-state index contributed by atoms with van der Waals surface area (Å²) in [6, 6.07) is 0. The average Bonchev–Trinajstić information content (AvgIpc) is 1.89. The molecule has 12 heavy (non-hydrogen) atoms. The Hall–Kier alpha value is -0.0800. The van der Waals surface area contributed by atoms with E-state index in [1.165, 1.54) is 32.6 Å². The summed E-state index contributed by atoms with van der Waals surface area (Å²) in [5.41, 5.74) is 0.907. The van der Waals surface area contributed by atoms with Gasteiger partial charge < -0.3 is 5.32 Å². The van der Waals surface area contributed by atoms with Crippen LogP contribution in [0.3, 0.4) is 0 Å². The predicted octanol–water partition coefficient (Wildman–Crippen LogP) is 1.08.